The Hall–Kier alpha value is -2.01. The molecule has 2 N–H and O–H groups in total. The molecule has 2 rings (SSSR count). The molecule has 0 heterocycles. The van der Waals surface area contributed by atoms with Crippen molar-refractivity contribution in [1.29, 1.82) is 0 Å². The van der Waals surface area contributed by atoms with Crippen LogP contribution in [0.25, 0.3) is 0 Å². The summed E-state index contributed by atoms with van der Waals surface area (Å²) >= 11 is 0. The maximum Gasteiger partial charge on any atom is 0.207 e. The second-order valence-electron chi connectivity index (χ2n) is 14.5. The van der Waals surface area contributed by atoms with Gasteiger partial charge in [0.1, 0.15) is 11.5 Å². The molecule has 0 aliphatic rings. The first kappa shape index (κ1) is 43.2. The first-order chi connectivity index (χ1) is 23.7. The summed E-state index contributed by atoms with van der Waals surface area (Å²) in [5.74, 6) is 0.738. The molecule has 2 aromatic carbocycles. The average molecular weight is 699 g/mol. The van der Waals surface area contributed by atoms with E-state index in [0.717, 1.165) is 147 Å². The number of rotatable bonds is 26. The fourth-order valence-corrected chi connectivity index (χ4v) is 9.97. The van der Waals surface area contributed by atoms with Gasteiger partial charge < -0.3 is 10.2 Å². The lowest BCUT2D eigenvalue weighted by Gasteiger charge is -2.29. The van der Waals surface area contributed by atoms with Crippen LogP contribution in [-0.2, 0) is 61.2 Å². The second-order valence-corrected chi connectivity index (χ2v) is 16.3. The molecule has 0 fully saturated rings. The van der Waals surface area contributed by atoms with E-state index in [0.29, 0.717) is 72.7 Å². The lowest BCUT2D eigenvalue weighted by molar-refractivity contribution is 0.453. The van der Waals surface area contributed by atoms with Crippen molar-refractivity contribution in [3.8, 4) is 11.5 Å². The van der Waals surface area contributed by atoms with Crippen LogP contribution in [0.3, 0.4) is 0 Å². The number of hydrogen-bond donors (Lipinski definition) is 2. The van der Waals surface area contributed by atoms with E-state index in [9.17, 15) is 10.2 Å². The van der Waals surface area contributed by atoms with E-state index in [-0.39, 0.29) is 0 Å². The van der Waals surface area contributed by atoms with Crippen LogP contribution in [0.5, 0.6) is 11.5 Å². The number of sulfone groups is 1. The molecule has 0 saturated heterocycles. The summed E-state index contributed by atoms with van der Waals surface area (Å²) < 4.78 is 32.3. The van der Waals surface area contributed by atoms with Crippen molar-refractivity contribution < 1.29 is 18.6 Å². The van der Waals surface area contributed by atoms with Gasteiger partial charge >= 0.3 is 0 Å². The van der Waals surface area contributed by atoms with Gasteiger partial charge in [-0.2, -0.15) is 0 Å². The Kier molecular flexibility index (Phi) is 20.0. The number of phenolic OH excluding ortho intramolecular Hbond substituents is 2. The Morgan fingerprint density at radius 3 is 0.653 bits per heavy atom. The van der Waals surface area contributed by atoms with Crippen molar-refractivity contribution in [1.82, 2.24) is 0 Å². The summed E-state index contributed by atoms with van der Waals surface area (Å²) in [5.41, 5.74) is 7.01. The van der Waals surface area contributed by atoms with Crippen LogP contribution in [0.15, 0.2) is 9.79 Å². The molecule has 280 valence electrons. The van der Waals surface area contributed by atoms with Gasteiger partial charge in [0.05, 0.1) is 9.79 Å². The van der Waals surface area contributed by atoms with Gasteiger partial charge in [-0.25, -0.2) is 8.42 Å². The molecule has 5 heteroatoms. The van der Waals surface area contributed by atoms with Gasteiger partial charge in [0, 0.05) is 0 Å². The van der Waals surface area contributed by atoms with E-state index < -0.39 is 9.84 Å². The van der Waals surface area contributed by atoms with E-state index in [1.165, 1.54) is 0 Å². The topological polar surface area (TPSA) is 74.6 Å². The highest BCUT2D eigenvalue weighted by molar-refractivity contribution is 7.91. The van der Waals surface area contributed by atoms with E-state index in [1.807, 2.05) is 0 Å². The molecule has 0 atom stereocenters. The van der Waals surface area contributed by atoms with Gasteiger partial charge in [0.2, 0.25) is 9.84 Å². The van der Waals surface area contributed by atoms with Gasteiger partial charge in [-0.3, -0.25) is 0 Å². The van der Waals surface area contributed by atoms with Crippen LogP contribution in [0.1, 0.15) is 203 Å². The third-order valence-electron chi connectivity index (χ3n) is 10.5. The fraction of sp³-hybridized carbons (Fsp3) is 0.727. The van der Waals surface area contributed by atoms with Crippen LogP contribution in [0, 0.1) is 0 Å². The van der Waals surface area contributed by atoms with Gasteiger partial charge in [0.25, 0.3) is 0 Å². The lowest BCUT2D eigenvalue weighted by Crippen LogP contribution is -2.20. The third kappa shape index (κ3) is 11.0. The molecule has 49 heavy (non-hydrogen) atoms. The first-order valence-corrected chi connectivity index (χ1v) is 22.2. The smallest absolute Gasteiger partial charge is 0.207 e. The van der Waals surface area contributed by atoms with Crippen LogP contribution in [0.2, 0.25) is 0 Å². The molecule has 0 radical (unpaired) electrons. The highest BCUT2D eigenvalue weighted by Gasteiger charge is 2.36. The maximum atomic E-state index is 16.1. The molecule has 0 spiro atoms. The standard InChI is InChI=1S/C44H74O4S/c1-9-17-25-33-37(29-21-13-5)43(38(30-22-14-6)34(41(33)45)26-18-10-2)49(47,48)44-39(31-23-15-7)35(27-19-11-3)42(46)36(28-20-12-4)40(44)32-24-16-8/h45-46H,9-32H2,1-8H3. The van der Waals surface area contributed by atoms with Crippen molar-refractivity contribution >= 4 is 9.84 Å². The molecular weight excluding hydrogens is 625 g/mol. The highest BCUT2D eigenvalue weighted by atomic mass is 32.2. The molecule has 2 aromatic rings. The zero-order chi connectivity index (χ0) is 36.4. The Morgan fingerprint density at radius 2 is 0.490 bits per heavy atom. The van der Waals surface area contributed by atoms with Crippen molar-refractivity contribution in [2.45, 2.75) is 219 Å². The van der Waals surface area contributed by atoms with Crippen molar-refractivity contribution in [2.24, 2.45) is 0 Å². The monoisotopic (exact) mass is 699 g/mol. The third-order valence-corrected chi connectivity index (χ3v) is 12.5. The molecular formula is C44H74O4S. The minimum Gasteiger partial charge on any atom is -0.507 e. The molecule has 0 saturated carbocycles. The normalized spacial score (nSPS) is 11.9. The number of aromatic hydroxyl groups is 2. The Morgan fingerprint density at radius 1 is 0.327 bits per heavy atom. The van der Waals surface area contributed by atoms with E-state index in [1.54, 1.807) is 0 Å². The quantitative estimate of drug-likeness (QED) is 0.103. The molecule has 0 bridgehead atoms. The predicted molar refractivity (Wildman–Crippen MR) is 211 cm³/mol. The van der Waals surface area contributed by atoms with Crippen LogP contribution in [0.4, 0.5) is 0 Å². The average Bonchev–Trinajstić information content (AvgIpc) is 3.09. The predicted octanol–water partition coefficient (Wildman–Crippen LogP) is 12.7. The number of phenols is 2. The highest BCUT2D eigenvalue weighted by Crippen LogP contribution is 2.46. The minimum atomic E-state index is -4.03. The minimum absolute atomic E-state index is 0.369. The van der Waals surface area contributed by atoms with Gasteiger partial charge in [0.15, 0.2) is 0 Å². The Balaban J connectivity index is 3.38. The van der Waals surface area contributed by atoms with E-state index in [4.69, 9.17) is 0 Å². The van der Waals surface area contributed by atoms with Gasteiger partial charge in [-0.05, 0) is 147 Å². The van der Waals surface area contributed by atoms with Crippen molar-refractivity contribution in [3.63, 3.8) is 0 Å². The van der Waals surface area contributed by atoms with Crippen LogP contribution in [-0.4, -0.2) is 18.6 Å². The van der Waals surface area contributed by atoms with E-state index in [2.05, 4.69) is 55.4 Å². The van der Waals surface area contributed by atoms with Crippen LogP contribution < -0.4 is 0 Å². The summed E-state index contributed by atoms with van der Waals surface area (Å²) in [6, 6.07) is 0. The number of hydrogen-bond acceptors (Lipinski definition) is 4. The van der Waals surface area contributed by atoms with Crippen LogP contribution >= 0.6 is 0 Å². The SMILES string of the molecule is CCCCc1c(O)c(CCCC)c(CCCC)c(S(=O)(=O)c2c(CCCC)c(CCCC)c(O)c(CCCC)c2CCCC)c1CCCC. The maximum absolute atomic E-state index is 16.1. The molecule has 0 aliphatic heterocycles. The Bertz CT molecular complexity index is 1210. The molecule has 0 aromatic heterocycles. The second kappa shape index (κ2) is 22.7. The zero-order valence-electron chi connectivity index (χ0n) is 33.1. The summed E-state index contributed by atoms with van der Waals surface area (Å²) in [7, 11) is -4.03. The van der Waals surface area contributed by atoms with Crippen molar-refractivity contribution in [3.05, 3.63) is 44.5 Å². The van der Waals surface area contributed by atoms with Gasteiger partial charge in [-0.15, -0.1) is 0 Å². The van der Waals surface area contributed by atoms with Gasteiger partial charge in [-0.1, -0.05) is 107 Å². The summed E-state index contributed by atoms with van der Waals surface area (Å²) in [5, 5.41) is 24.2. The van der Waals surface area contributed by atoms with Crippen molar-refractivity contribution in [2.75, 3.05) is 0 Å². The molecule has 0 amide bonds. The fourth-order valence-electron chi connectivity index (χ4n) is 7.56. The molecule has 4 nitrogen and oxygen atoms in total. The molecule has 0 unspecified atom stereocenters. The summed E-state index contributed by atoms with van der Waals surface area (Å²) in [4.78, 5) is 1.04. The summed E-state index contributed by atoms with van der Waals surface area (Å²) in [6.45, 7) is 17.3. The summed E-state index contributed by atoms with van der Waals surface area (Å²) in [6.07, 6.45) is 20.4. The first-order valence-electron chi connectivity index (χ1n) is 20.7. The zero-order valence-corrected chi connectivity index (χ0v) is 33.9. The lowest BCUT2D eigenvalue weighted by atomic mass is 9.87. The van der Waals surface area contributed by atoms with E-state index >= 15 is 8.42 Å². The Labute approximate surface area is 302 Å². The largest absolute Gasteiger partial charge is 0.507 e. The number of unbranched alkanes of at least 4 members (excludes halogenated alkanes) is 8. The number of benzene rings is 2. The molecule has 0 aliphatic carbocycles.